The summed E-state index contributed by atoms with van der Waals surface area (Å²) >= 11 is 0. The molecule has 24 heavy (non-hydrogen) atoms. The van der Waals surface area contributed by atoms with Gasteiger partial charge in [0.2, 0.25) is 5.91 Å². The molecular formula is C19H23ClN2O2. The second-order valence-electron chi connectivity index (χ2n) is 6.02. The molecule has 0 radical (unpaired) electrons. The molecule has 0 bridgehead atoms. The van der Waals surface area contributed by atoms with Crippen LogP contribution in [0.5, 0.6) is 11.5 Å². The monoisotopic (exact) mass is 346 g/mol. The number of halogens is 1. The van der Waals surface area contributed by atoms with Crippen molar-refractivity contribution in [2.24, 2.45) is 11.7 Å². The normalized spacial score (nSPS) is 19.9. The van der Waals surface area contributed by atoms with Crippen LogP contribution in [0.1, 0.15) is 25.7 Å². The van der Waals surface area contributed by atoms with Crippen LogP contribution in [0.25, 0.3) is 0 Å². The van der Waals surface area contributed by atoms with Crippen molar-refractivity contribution in [1.82, 2.24) is 0 Å². The van der Waals surface area contributed by atoms with Crippen molar-refractivity contribution in [2.45, 2.75) is 31.7 Å². The first-order valence-electron chi connectivity index (χ1n) is 8.11. The second-order valence-corrected chi connectivity index (χ2v) is 6.02. The van der Waals surface area contributed by atoms with Crippen molar-refractivity contribution in [1.29, 1.82) is 0 Å². The van der Waals surface area contributed by atoms with Gasteiger partial charge in [-0.3, -0.25) is 4.79 Å². The number of rotatable bonds is 4. The van der Waals surface area contributed by atoms with Gasteiger partial charge in [0, 0.05) is 12.0 Å². The van der Waals surface area contributed by atoms with Crippen LogP contribution in [0.3, 0.4) is 0 Å². The molecule has 1 saturated carbocycles. The minimum atomic E-state index is -0.0106. The molecule has 5 heteroatoms. The van der Waals surface area contributed by atoms with E-state index in [1.807, 2.05) is 54.6 Å². The SMILES string of the molecule is Cl.NC1CCCC(C(=O)Nc2ccccc2Oc2ccccc2)C1. The molecule has 0 aliphatic heterocycles. The highest BCUT2D eigenvalue weighted by atomic mass is 35.5. The van der Waals surface area contributed by atoms with Gasteiger partial charge in [0.1, 0.15) is 5.75 Å². The van der Waals surface area contributed by atoms with E-state index in [1.54, 1.807) is 0 Å². The quantitative estimate of drug-likeness (QED) is 0.864. The number of nitrogens with two attached hydrogens (primary N) is 1. The minimum absolute atomic E-state index is 0. The molecule has 2 aromatic rings. The van der Waals surface area contributed by atoms with E-state index in [4.69, 9.17) is 10.5 Å². The fourth-order valence-electron chi connectivity index (χ4n) is 2.97. The van der Waals surface area contributed by atoms with Crippen LogP contribution in [0.15, 0.2) is 54.6 Å². The zero-order chi connectivity index (χ0) is 16.1. The van der Waals surface area contributed by atoms with Gasteiger partial charge in [0.15, 0.2) is 5.75 Å². The van der Waals surface area contributed by atoms with E-state index in [9.17, 15) is 4.79 Å². The van der Waals surface area contributed by atoms with E-state index in [0.717, 1.165) is 31.4 Å². The first-order chi connectivity index (χ1) is 11.2. The van der Waals surface area contributed by atoms with Crippen LogP contribution >= 0.6 is 12.4 Å². The molecule has 1 fully saturated rings. The average Bonchev–Trinajstić information content (AvgIpc) is 2.57. The van der Waals surface area contributed by atoms with E-state index in [2.05, 4.69) is 5.32 Å². The predicted octanol–water partition coefficient (Wildman–Crippen LogP) is 4.36. The number of para-hydroxylation sites is 3. The summed E-state index contributed by atoms with van der Waals surface area (Å²) in [6.07, 6.45) is 3.69. The molecule has 2 unspecified atom stereocenters. The molecule has 128 valence electrons. The van der Waals surface area contributed by atoms with E-state index < -0.39 is 0 Å². The summed E-state index contributed by atoms with van der Waals surface area (Å²) in [5.74, 6) is 1.41. The lowest BCUT2D eigenvalue weighted by Gasteiger charge is -2.26. The minimum Gasteiger partial charge on any atom is -0.455 e. The molecule has 1 aliphatic rings. The maximum absolute atomic E-state index is 12.5. The summed E-state index contributed by atoms with van der Waals surface area (Å²) in [7, 11) is 0. The summed E-state index contributed by atoms with van der Waals surface area (Å²) in [6, 6.07) is 17.2. The Kier molecular flexibility index (Phi) is 6.64. The number of carbonyl (C=O) groups excluding carboxylic acids is 1. The van der Waals surface area contributed by atoms with Crippen LogP contribution in [-0.2, 0) is 4.79 Å². The smallest absolute Gasteiger partial charge is 0.227 e. The lowest BCUT2D eigenvalue weighted by atomic mass is 9.85. The lowest BCUT2D eigenvalue weighted by Crippen LogP contribution is -2.34. The Morgan fingerprint density at radius 1 is 1.04 bits per heavy atom. The van der Waals surface area contributed by atoms with Crippen LogP contribution in [0.4, 0.5) is 5.69 Å². The van der Waals surface area contributed by atoms with E-state index in [-0.39, 0.29) is 30.3 Å². The Morgan fingerprint density at radius 2 is 1.75 bits per heavy atom. The summed E-state index contributed by atoms with van der Waals surface area (Å²) in [5.41, 5.74) is 6.68. The molecule has 2 aromatic carbocycles. The number of benzene rings is 2. The standard InChI is InChI=1S/C19H22N2O2.ClH/c20-15-8-6-7-14(13-15)19(22)21-17-11-4-5-12-18(17)23-16-9-2-1-3-10-16;/h1-5,9-12,14-15H,6-8,13,20H2,(H,21,22);1H. The van der Waals surface area contributed by atoms with Gasteiger partial charge < -0.3 is 15.8 Å². The first-order valence-corrected chi connectivity index (χ1v) is 8.11. The highest BCUT2D eigenvalue weighted by Crippen LogP contribution is 2.31. The summed E-state index contributed by atoms with van der Waals surface area (Å²) < 4.78 is 5.88. The van der Waals surface area contributed by atoms with E-state index in [0.29, 0.717) is 11.4 Å². The highest BCUT2D eigenvalue weighted by Gasteiger charge is 2.25. The van der Waals surface area contributed by atoms with Crippen molar-refractivity contribution in [3.63, 3.8) is 0 Å². The molecule has 0 spiro atoms. The second kappa shape index (κ2) is 8.71. The predicted molar refractivity (Wildman–Crippen MR) is 98.8 cm³/mol. The summed E-state index contributed by atoms with van der Waals surface area (Å²) in [4.78, 5) is 12.5. The molecule has 0 heterocycles. The van der Waals surface area contributed by atoms with Gasteiger partial charge in [-0.2, -0.15) is 0 Å². The third-order valence-electron chi connectivity index (χ3n) is 4.20. The maximum atomic E-state index is 12.5. The third kappa shape index (κ3) is 4.73. The molecule has 1 aliphatic carbocycles. The van der Waals surface area contributed by atoms with Gasteiger partial charge in [-0.05, 0) is 43.5 Å². The van der Waals surface area contributed by atoms with Gasteiger partial charge in [0.05, 0.1) is 5.69 Å². The number of anilines is 1. The third-order valence-corrected chi connectivity index (χ3v) is 4.20. The van der Waals surface area contributed by atoms with Crippen LogP contribution in [0, 0.1) is 5.92 Å². The first kappa shape index (κ1) is 18.3. The average molecular weight is 347 g/mol. The number of ether oxygens (including phenoxy) is 1. The fraction of sp³-hybridized carbons (Fsp3) is 0.316. The van der Waals surface area contributed by atoms with E-state index in [1.165, 1.54) is 0 Å². The van der Waals surface area contributed by atoms with Crippen LogP contribution in [-0.4, -0.2) is 11.9 Å². The Bertz CT molecular complexity index is 663. The number of hydrogen-bond acceptors (Lipinski definition) is 3. The molecule has 1 amide bonds. The molecule has 0 saturated heterocycles. The number of nitrogens with one attached hydrogen (secondary N) is 1. The van der Waals surface area contributed by atoms with Gasteiger partial charge >= 0.3 is 0 Å². The zero-order valence-electron chi connectivity index (χ0n) is 13.5. The van der Waals surface area contributed by atoms with Crippen LogP contribution in [0.2, 0.25) is 0 Å². The molecule has 2 atom stereocenters. The Balaban J connectivity index is 0.00000208. The number of hydrogen-bond donors (Lipinski definition) is 2. The van der Waals surface area contributed by atoms with Crippen LogP contribution < -0.4 is 15.8 Å². The maximum Gasteiger partial charge on any atom is 0.227 e. The molecule has 0 aromatic heterocycles. The van der Waals surface area contributed by atoms with Crippen molar-refractivity contribution in [2.75, 3.05) is 5.32 Å². The largest absolute Gasteiger partial charge is 0.455 e. The van der Waals surface area contributed by atoms with Crippen molar-refractivity contribution >= 4 is 24.0 Å². The number of carbonyl (C=O) groups is 1. The van der Waals surface area contributed by atoms with Crippen molar-refractivity contribution < 1.29 is 9.53 Å². The molecular weight excluding hydrogens is 324 g/mol. The van der Waals surface area contributed by atoms with E-state index >= 15 is 0 Å². The molecule has 3 N–H and O–H groups in total. The Morgan fingerprint density at radius 3 is 2.50 bits per heavy atom. The number of amides is 1. The fourth-order valence-corrected chi connectivity index (χ4v) is 2.97. The van der Waals surface area contributed by atoms with Gasteiger partial charge in [-0.1, -0.05) is 36.8 Å². The zero-order valence-corrected chi connectivity index (χ0v) is 14.3. The Hall–Kier alpha value is -2.04. The van der Waals surface area contributed by atoms with Gasteiger partial charge in [-0.25, -0.2) is 0 Å². The summed E-state index contributed by atoms with van der Waals surface area (Å²) in [6.45, 7) is 0. The van der Waals surface area contributed by atoms with Crippen molar-refractivity contribution in [3.05, 3.63) is 54.6 Å². The summed E-state index contributed by atoms with van der Waals surface area (Å²) in [5, 5.41) is 3.00. The molecule has 3 rings (SSSR count). The highest BCUT2D eigenvalue weighted by molar-refractivity contribution is 5.94. The molecule has 4 nitrogen and oxygen atoms in total. The van der Waals surface area contributed by atoms with Gasteiger partial charge in [0.25, 0.3) is 0 Å². The topological polar surface area (TPSA) is 64.4 Å². The van der Waals surface area contributed by atoms with Crippen molar-refractivity contribution in [3.8, 4) is 11.5 Å². The lowest BCUT2D eigenvalue weighted by molar-refractivity contribution is -0.120. The Labute approximate surface area is 148 Å². The van der Waals surface area contributed by atoms with Gasteiger partial charge in [-0.15, -0.1) is 12.4 Å².